The summed E-state index contributed by atoms with van der Waals surface area (Å²) >= 11 is 0. The van der Waals surface area contributed by atoms with E-state index < -0.39 is 6.10 Å². The molecule has 0 bridgehead atoms. The third-order valence-electron chi connectivity index (χ3n) is 4.65. The summed E-state index contributed by atoms with van der Waals surface area (Å²) in [5.74, 6) is 0.611. The first-order chi connectivity index (χ1) is 10.6. The van der Waals surface area contributed by atoms with Gasteiger partial charge in [-0.1, -0.05) is 13.3 Å². The van der Waals surface area contributed by atoms with Gasteiger partial charge in [0.1, 0.15) is 0 Å². The normalized spacial score (nSPS) is 27.9. The number of amides is 1. The SMILES string of the molecule is CCOC(=O)N1CCN(CC(O)COC2CCCC2C)CC1. The summed E-state index contributed by atoms with van der Waals surface area (Å²) in [6.07, 6.45) is 3.21. The van der Waals surface area contributed by atoms with Crippen LogP contribution in [0.15, 0.2) is 0 Å². The van der Waals surface area contributed by atoms with Crippen LogP contribution in [-0.2, 0) is 9.47 Å². The van der Waals surface area contributed by atoms with Crippen LogP contribution < -0.4 is 0 Å². The molecule has 1 saturated carbocycles. The van der Waals surface area contributed by atoms with Gasteiger partial charge < -0.3 is 19.5 Å². The molecule has 0 spiro atoms. The lowest BCUT2D eigenvalue weighted by Gasteiger charge is -2.35. The Labute approximate surface area is 133 Å². The van der Waals surface area contributed by atoms with E-state index in [1.807, 2.05) is 6.92 Å². The second kappa shape index (κ2) is 8.70. The monoisotopic (exact) mass is 314 g/mol. The molecule has 0 aromatic carbocycles. The number of piperazine rings is 1. The number of carbonyl (C=O) groups is 1. The van der Waals surface area contributed by atoms with Gasteiger partial charge in [0.2, 0.25) is 0 Å². The minimum absolute atomic E-state index is 0.235. The Balaban J connectivity index is 1.62. The van der Waals surface area contributed by atoms with Gasteiger partial charge in [0.05, 0.1) is 25.4 Å². The highest BCUT2D eigenvalue weighted by molar-refractivity contribution is 5.67. The van der Waals surface area contributed by atoms with E-state index in [4.69, 9.17) is 9.47 Å². The largest absolute Gasteiger partial charge is 0.450 e. The first kappa shape index (κ1) is 17.5. The maximum Gasteiger partial charge on any atom is 0.409 e. The molecule has 3 atom stereocenters. The second-order valence-electron chi connectivity index (χ2n) is 6.42. The number of carbonyl (C=O) groups excluding carboxylic acids is 1. The van der Waals surface area contributed by atoms with Crippen LogP contribution in [0.2, 0.25) is 0 Å². The average Bonchev–Trinajstić information content (AvgIpc) is 2.91. The van der Waals surface area contributed by atoms with Gasteiger partial charge in [-0.25, -0.2) is 4.79 Å². The number of hydrogen-bond acceptors (Lipinski definition) is 5. The lowest BCUT2D eigenvalue weighted by Crippen LogP contribution is -2.51. The molecule has 1 heterocycles. The molecule has 1 aliphatic heterocycles. The Morgan fingerprint density at radius 2 is 2.00 bits per heavy atom. The molecule has 22 heavy (non-hydrogen) atoms. The zero-order valence-electron chi connectivity index (χ0n) is 13.9. The van der Waals surface area contributed by atoms with Crippen LogP contribution >= 0.6 is 0 Å². The van der Waals surface area contributed by atoms with Crippen LogP contribution in [0.25, 0.3) is 0 Å². The molecule has 0 radical (unpaired) electrons. The topological polar surface area (TPSA) is 62.2 Å². The van der Waals surface area contributed by atoms with E-state index in [1.54, 1.807) is 4.90 Å². The van der Waals surface area contributed by atoms with Gasteiger partial charge in [-0.3, -0.25) is 4.90 Å². The van der Waals surface area contributed by atoms with Crippen LogP contribution in [0.3, 0.4) is 0 Å². The molecule has 2 aliphatic rings. The fourth-order valence-corrected chi connectivity index (χ4v) is 3.27. The van der Waals surface area contributed by atoms with Crippen LogP contribution in [0, 0.1) is 5.92 Å². The van der Waals surface area contributed by atoms with E-state index >= 15 is 0 Å². The number of nitrogens with zero attached hydrogens (tertiary/aromatic N) is 2. The van der Waals surface area contributed by atoms with Crippen LogP contribution in [-0.4, -0.2) is 79.1 Å². The van der Waals surface area contributed by atoms with Crippen LogP contribution in [0.4, 0.5) is 4.79 Å². The summed E-state index contributed by atoms with van der Waals surface area (Å²) in [5, 5.41) is 10.1. The predicted octanol–water partition coefficient (Wildman–Crippen LogP) is 1.33. The molecule has 0 aromatic rings. The molecule has 0 aromatic heterocycles. The molecule has 1 N–H and O–H groups in total. The molecular formula is C16H30N2O4. The lowest BCUT2D eigenvalue weighted by molar-refractivity contribution is -0.0353. The van der Waals surface area contributed by atoms with Crippen molar-refractivity contribution in [2.75, 3.05) is 45.9 Å². The number of hydrogen-bond donors (Lipinski definition) is 1. The zero-order valence-corrected chi connectivity index (χ0v) is 13.9. The number of aliphatic hydroxyl groups is 1. The Morgan fingerprint density at radius 3 is 2.59 bits per heavy atom. The summed E-state index contributed by atoms with van der Waals surface area (Å²) < 4.78 is 10.9. The fraction of sp³-hybridized carbons (Fsp3) is 0.938. The van der Waals surface area contributed by atoms with E-state index in [0.717, 1.165) is 19.5 Å². The highest BCUT2D eigenvalue weighted by atomic mass is 16.6. The van der Waals surface area contributed by atoms with Crippen molar-refractivity contribution in [1.29, 1.82) is 0 Å². The number of ether oxygens (including phenoxy) is 2. The first-order valence-electron chi connectivity index (χ1n) is 8.54. The Bertz CT molecular complexity index is 345. The fourth-order valence-electron chi connectivity index (χ4n) is 3.27. The van der Waals surface area contributed by atoms with E-state index in [1.165, 1.54) is 12.8 Å². The van der Waals surface area contributed by atoms with Crippen molar-refractivity contribution in [3.63, 3.8) is 0 Å². The van der Waals surface area contributed by atoms with Gasteiger partial charge >= 0.3 is 6.09 Å². The molecule has 2 fully saturated rings. The first-order valence-corrected chi connectivity index (χ1v) is 8.54. The third-order valence-corrected chi connectivity index (χ3v) is 4.65. The van der Waals surface area contributed by atoms with E-state index in [9.17, 15) is 9.90 Å². The van der Waals surface area contributed by atoms with Crippen molar-refractivity contribution in [2.24, 2.45) is 5.92 Å². The summed E-state index contributed by atoms with van der Waals surface area (Å²) in [5.41, 5.74) is 0. The van der Waals surface area contributed by atoms with Crippen molar-refractivity contribution in [1.82, 2.24) is 9.80 Å². The molecule has 6 nitrogen and oxygen atoms in total. The second-order valence-corrected chi connectivity index (χ2v) is 6.42. The number of aliphatic hydroxyl groups excluding tert-OH is 1. The van der Waals surface area contributed by atoms with Crippen molar-refractivity contribution >= 4 is 6.09 Å². The molecule has 1 aliphatic carbocycles. The summed E-state index contributed by atoms with van der Waals surface area (Å²) in [6.45, 7) is 8.33. The minimum Gasteiger partial charge on any atom is -0.450 e. The molecule has 2 rings (SSSR count). The Hall–Kier alpha value is -0.850. The van der Waals surface area contributed by atoms with Gasteiger partial charge in [-0.05, 0) is 25.7 Å². The smallest absolute Gasteiger partial charge is 0.409 e. The number of β-amino-alcohol motifs (C(OH)–C–C–N with tert-alkyl or cyclic N) is 1. The van der Waals surface area contributed by atoms with Crippen molar-refractivity contribution < 1.29 is 19.4 Å². The Kier molecular flexibility index (Phi) is 6.92. The average molecular weight is 314 g/mol. The van der Waals surface area contributed by atoms with Crippen molar-refractivity contribution in [3.8, 4) is 0 Å². The molecule has 1 amide bonds. The quantitative estimate of drug-likeness (QED) is 0.801. The van der Waals surface area contributed by atoms with Gasteiger partial charge in [-0.2, -0.15) is 0 Å². The lowest BCUT2D eigenvalue weighted by atomic mass is 10.1. The van der Waals surface area contributed by atoms with Gasteiger partial charge in [-0.15, -0.1) is 0 Å². The third kappa shape index (κ3) is 5.11. The minimum atomic E-state index is -0.457. The highest BCUT2D eigenvalue weighted by Crippen LogP contribution is 2.27. The number of rotatable bonds is 6. The highest BCUT2D eigenvalue weighted by Gasteiger charge is 2.26. The van der Waals surface area contributed by atoms with Crippen molar-refractivity contribution in [2.45, 2.75) is 45.3 Å². The maximum atomic E-state index is 11.6. The maximum absolute atomic E-state index is 11.6. The standard InChI is InChI=1S/C16H30N2O4/c1-3-21-16(20)18-9-7-17(8-10-18)11-14(19)12-22-15-6-4-5-13(15)2/h13-15,19H,3-12H2,1-2H3. The van der Waals surface area contributed by atoms with E-state index in [-0.39, 0.29) is 6.09 Å². The van der Waals surface area contributed by atoms with E-state index in [2.05, 4.69) is 11.8 Å². The molecular weight excluding hydrogens is 284 g/mol. The van der Waals surface area contributed by atoms with Gasteiger partial charge in [0, 0.05) is 32.7 Å². The molecule has 128 valence electrons. The van der Waals surface area contributed by atoms with Crippen molar-refractivity contribution in [3.05, 3.63) is 0 Å². The molecule has 1 saturated heterocycles. The summed E-state index contributed by atoms with van der Waals surface area (Å²) in [6, 6.07) is 0. The summed E-state index contributed by atoms with van der Waals surface area (Å²) in [7, 11) is 0. The Morgan fingerprint density at radius 1 is 1.27 bits per heavy atom. The predicted molar refractivity (Wildman–Crippen MR) is 83.8 cm³/mol. The van der Waals surface area contributed by atoms with Gasteiger partial charge in [0.15, 0.2) is 0 Å². The van der Waals surface area contributed by atoms with Crippen LogP contribution in [0.1, 0.15) is 33.1 Å². The molecule has 6 heteroatoms. The molecule has 3 unspecified atom stereocenters. The van der Waals surface area contributed by atoms with Crippen LogP contribution in [0.5, 0.6) is 0 Å². The zero-order chi connectivity index (χ0) is 15.9. The van der Waals surface area contributed by atoms with Gasteiger partial charge in [0.25, 0.3) is 0 Å². The summed E-state index contributed by atoms with van der Waals surface area (Å²) in [4.78, 5) is 15.5. The van der Waals surface area contributed by atoms with E-state index in [0.29, 0.717) is 44.9 Å².